The highest BCUT2D eigenvalue weighted by Gasteiger charge is 2.32. The molecule has 8 heteroatoms. The van der Waals surface area contributed by atoms with Crippen LogP contribution in [0.15, 0.2) is 66.9 Å². The Bertz CT molecular complexity index is 1780. The summed E-state index contributed by atoms with van der Waals surface area (Å²) in [5, 5.41) is 11.6. The Hall–Kier alpha value is -4.82. The Morgan fingerprint density at radius 2 is 1.47 bits per heavy atom. The van der Waals surface area contributed by atoms with Crippen LogP contribution in [0, 0.1) is 0 Å². The molecular formula is C37H38N2O6. The van der Waals surface area contributed by atoms with Crippen LogP contribution in [0.1, 0.15) is 45.5 Å². The first-order valence-corrected chi connectivity index (χ1v) is 15.2. The number of phenols is 1. The van der Waals surface area contributed by atoms with Gasteiger partial charge >= 0.3 is 0 Å². The molecule has 8 rings (SSSR count). The van der Waals surface area contributed by atoms with Crippen LogP contribution in [0.3, 0.4) is 0 Å². The first-order chi connectivity index (χ1) is 21.9. The highest BCUT2D eigenvalue weighted by molar-refractivity contribution is 5.70. The van der Waals surface area contributed by atoms with Crippen molar-refractivity contribution in [3.8, 4) is 46.0 Å². The van der Waals surface area contributed by atoms with Crippen LogP contribution < -0.4 is 23.7 Å². The Balaban J connectivity index is 1.46. The largest absolute Gasteiger partial charge is 0.502 e. The molecule has 4 aromatic rings. The smallest absolute Gasteiger partial charge is 0.201 e. The van der Waals surface area contributed by atoms with Crippen LogP contribution in [0.5, 0.6) is 46.0 Å². The summed E-state index contributed by atoms with van der Waals surface area (Å²) in [6.07, 6.45) is 6.40. The lowest BCUT2D eigenvalue weighted by Gasteiger charge is -2.36. The maximum Gasteiger partial charge on any atom is 0.201 e. The van der Waals surface area contributed by atoms with Crippen molar-refractivity contribution in [1.82, 2.24) is 9.80 Å². The monoisotopic (exact) mass is 606 g/mol. The number of fused-ring (bicyclic) bond motifs is 2. The van der Waals surface area contributed by atoms with E-state index >= 15 is 0 Å². The molecule has 4 heterocycles. The van der Waals surface area contributed by atoms with Gasteiger partial charge in [0, 0.05) is 25.2 Å². The fourth-order valence-electron chi connectivity index (χ4n) is 6.79. The van der Waals surface area contributed by atoms with E-state index in [0.717, 1.165) is 41.8 Å². The van der Waals surface area contributed by atoms with Gasteiger partial charge in [0.2, 0.25) is 5.75 Å². The number of rotatable bonds is 3. The molecule has 2 atom stereocenters. The van der Waals surface area contributed by atoms with Gasteiger partial charge in [0.05, 0.1) is 27.4 Å². The van der Waals surface area contributed by atoms with E-state index in [0.29, 0.717) is 40.9 Å². The number of likely N-dealkylation sites (N-methyl/N-ethyl adjacent to an activating group) is 2. The van der Waals surface area contributed by atoms with Crippen molar-refractivity contribution in [3.05, 3.63) is 100 Å². The predicted octanol–water partition coefficient (Wildman–Crippen LogP) is 7.29. The summed E-state index contributed by atoms with van der Waals surface area (Å²) in [6.45, 7) is 0.933. The van der Waals surface area contributed by atoms with Crippen molar-refractivity contribution < 1.29 is 28.8 Å². The van der Waals surface area contributed by atoms with Gasteiger partial charge in [-0.05, 0) is 109 Å². The lowest BCUT2D eigenvalue weighted by Crippen LogP contribution is -2.33. The van der Waals surface area contributed by atoms with Crippen LogP contribution in [0.4, 0.5) is 0 Å². The molecule has 0 saturated carbocycles. The molecule has 0 aliphatic carbocycles. The zero-order valence-electron chi connectivity index (χ0n) is 26.3. The van der Waals surface area contributed by atoms with Gasteiger partial charge in [-0.15, -0.1) is 0 Å². The fraction of sp³-hybridized carbons (Fsp3) is 0.297. The summed E-state index contributed by atoms with van der Waals surface area (Å²) in [4.78, 5) is 4.52. The minimum absolute atomic E-state index is 0.0499. The third-order valence-corrected chi connectivity index (χ3v) is 9.32. The number of hydrogen-bond donors (Lipinski definition) is 1. The zero-order valence-corrected chi connectivity index (χ0v) is 26.3. The summed E-state index contributed by atoms with van der Waals surface area (Å²) < 4.78 is 30.4. The maximum atomic E-state index is 11.6. The SMILES string of the molecule is COc1ccc2cc1Oc1ccc(cc1)C[C@@H]1c3cc(c(OC)cc3CCN1C)Oc1c(O)c(OC)cc3c1C(C2)N(C)C=C3. The highest BCUT2D eigenvalue weighted by Crippen LogP contribution is 2.51. The number of nitrogens with zero attached hydrogens (tertiary/aromatic N) is 2. The van der Waals surface area contributed by atoms with Crippen LogP contribution >= 0.6 is 0 Å². The minimum Gasteiger partial charge on any atom is -0.502 e. The zero-order chi connectivity index (χ0) is 31.2. The molecular weight excluding hydrogens is 568 g/mol. The van der Waals surface area contributed by atoms with E-state index in [-0.39, 0.29) is 17.8 Å². The van der Waals surface area contributed by atoms with Gasteiger partial charge in [0.15, 0.2) is 34.5 Å². The third-order valence-electron chi connectivity index (χ3n) is 9.32. The number of ether oxygens (including phenoxy) is 5. The molecule has 1 unspecified atom stereocenters. The second kappa shape index (κ2) is 11.6. The standard InChI is InChI=1S/C37H38N2O6/c1-38-14-12-24-19-31(42-4)33-21-27(24)28(38)16-22-6-9-26(10-7-22)44-32-18-23(8-11-30(32)41-3)17-29-35-25(13-15-39(29)2)20-34(43-5)36(40)37(35)45-33/h6-11,13,15,18-21,28-29,40H,12,14,16-17H2,1-5H3/t28-,29?/m1/s1. The number of phenolic OH excluding ortho intramolecular Hbond substituents is 1. The van der Waals surface area contributed by atoms with Gasteiger partial charge in [0.25, 0.3) is 0 Å². The third kappa shape index (κ3) is 5.19. The Morgan fingerprint density at radius 1 is 0.756 bits per heavy atom. The molecule has 232 valence electrons. The van der Waals surface area contributed by atoms with Gasteiger partial charge in [-0.1, -0.05) is 18.2 Å². The summed E-state index contributed by atoms with van der Waals surface area (Å²) in [6, 6.07) is 20.3. The number of benzene rings is 4. The summed E-state index contributed by atoms with van der Waals surface area (Å²) >= 11 is 0. The van der Waals surface area contributed by atoms with E-state index in [4.69, 9.17) is 23.7 Å². The van der Waals surface area contributed by atoms with Crippen LogP contribution in [0.25, 0.3) is 6.08 Å². The van der Waals surface area contributed by atoms with Crippen molar-refractivity contribution in [2.24, 2.45) is 0 Å². The lowest BCUT2D eigenvalue weighted by atomic mass is 9.88. The summed E-state index contributed by atoms with van der Waals surface area (Å²) in [7, 11) is 9.06. The second-order valence-electron chi connectivity index (χ2n) is 11.9. The fourth-order valence-corrected chi connectivity index (χ4v) is 6.79. The van der Waals surface area contributed by atoms with E-state index in [9.17, 15) is 5.11 Å². The molecule has 45 heavy (non-hydrogen) atoms. The predicted molar refractivity (Wildman–Crippen MR) is 173 cm³/mol. The van der Waals surface area contributed by atoms with E-state index in [1.807, 2.05) is 55.7 Å². The molecule has 8 nitrogen and oxygen atoms in total. The molecule has 4 aliphatic rings. The molecule has 0 saturated heterocycles. The van der Waals surface area contributed by atoms with Crippen molar-refractivity contribution in [1.29, 1.82) is 0 Å². The molecule has 4 aromatic carbocycles. The maximum absolute atomic E-state index is 11.6. The summed E-state index contributed by atoms with van der Waals surface area (Å²) in [5.41, 5.74) is 6.44. The molecule has 1 N–H and O–H groups in total. The average molecular weight is 607 g/mol. The van der Waals surface area contributed by atoms with Gasteiger partial charge in [-0.25, -0.2) is 0 Å². The van der Waals surface area contributed by atoms with Gasteiger partial charge in [-0.3, -0.25) is 4.90 Å². The van der Waals surface area contributed by atoms with E-state index in [1.54, 1.807) is 21.3 Å². The van der Waals surface area contributed by atoms with Crippen LogP contribution in [-0.2, 0) is 19.3 Å². The highest BCUT2D eigenvalue weighted by atomic mass is 16.5. The number of aromatic hydroxyl groups is 1. The number of hydrogen-bond acceptors (Lipinski definition) is 8. The molecule has 0 amide bonds. The first kappa shape index (κ1) is 28.9. The molecule has 4 aliphatic heterocycles. The first-order valence-electron chi connectivity index (χ1n) is 15.2. The quantitative estimate of drug-likeness (QED) is 0.261. The molecule has 0 aromatic heterocycles. The van der Waals surface area contributed by atoms with Gasteiger partial charge in [0.1, 0.15) is 5.75 Å². The van der Waals surface area contributed by atoms with Gasteiger partial charge in [-0.2, -0.15) is 0 Å². The van der Waals surface area contributed by atoms with E-state index < -0.39 is 0 Å². The summed E-state index contributed by atoms with van der Waals surface area (Å²) in [5.74, 6) is 3.87. The average Bonchev–Trinajstić information content (AvgIpc) is 3.05. The molecule has 0 fully saturated rings. The second-order valence-corrected chi connectivity index (χ2v) is 11.9. The van der Waals surface area contributed by atoms with E-state index in [2.05, 4.69) is 41.1 Å². The minimum atomic E-state index is -0.168. The molecule has 0 spiro atoms. The normalized spacial score (nSPS) is 18.6. The van der Waals surface area contributed by atoms with Crippen LogP contribution in [0.2, 0.25) is 0 Å². The van der Waals surface area contributed by atoms with E-state index in [1.165, 1.54) is 16.7 Å². The lowest BCUT2D eigenvalue weighted by molar-refractivity contribution is 0.228. The topological polar surface area (TPSA) is 72.9 Å². The van der Waals surface area contributed by atoms with Crippen LogP contribution in [-0.4, -0.2) is 56.9 Å². The Labute approximate surface area is 264 Å². The number of methoxy groups -OCH3 is 3. The molecule has 0 radical (unpaired) electrons. The molecule has 6 bridgehead atoms. The van der Waals surface area contributed by atoms with Crippen molar-refractivity contribution in [3.63, 3.8) is 0 Å². The Morgan fingerprint density at radius 3 is 2.22 bits per heavy atom. The Kier molecular flexibility index (Phi) is 7.45. The van der Waals surface area contributed by atoms with Crippen molar-refractivity contribution >= 4 is 6.08 Å². The van der Waals surface area contributed by atoms with Crippen molar-refractivity contribution in [2.75, 3.05) is 42.0 Å². The van der Waals surface area contributed by atoms with Crippen molar-refractivity contribution in [2.45, 2.75) is 31.3 Å². The van der Waals surface area contributed by atoms with Gasteiger partial charge < -0.3 is 33.7 Å².